The molecule has 0 spiro atoms. The van der Waals surface area contributed by atoms with Gasteiger partial charge >= 0.3 is 6.09 Å². The van der Waals surface area contributed by atoms with E-state index in [0.717, 1.165) is 53.2 Å². The first-order chi connectivity index (χ1) is 26.0. The third-order valence-corrected chi connectivity index (χ3v) is 11.4. The number of unbranched alkanes of at least 4 members (excludes halogenated alkanes) is 2. The number of benzene rings is 2. The van der Waals surface area contributed by atoms with E-state index >= 15 is 0 Å². The number of hydrogen-bond acceptors (Lipinski definition) is 10. The highest BCUT2D eigenvalue weighted by Gasteiger charge is 2.65. The molecule has 2 aromatic carbocycles. The lowest BCUT2D eigenvalue weighted by Crippen LogP contribution is -2.69. The number of allylic oxidation sites excluding steroid dienone is 1. The van der Waals surface area contributed by atoms with Crippen LogP contribution in [0, 0.1) is 23.2 Å². The van der Waals surface area contributed by atoms with Crippen LogP contribution in [0.2, 0.25) is 0 Å². The molecule has 0 radical (unpaired) electrons. The summed E-state index contributed by atoms with van der Waals surface area (Å²) in [5, 5.41) is 24.4. The summed E-state index contributed by atoms with van der Waals surface area (Å²) >= 11 is 1.68. The van der Waals surface area contributed by atoms with Crippen LogP contribution in [0.1, 0.15) is 84.1 Å². The first-order valence-corrected chi connectivity index (χ1v) is 20.6. The molecule has 2 aromatic rings. The second kappa shape index (κ2) is 18.9. The SMILES string of the molecule is C=CCO[C@@]12Oc3ccc(Oc4ccc(SC)cc4)cc3[C@H]3[C@H](CCCCO)[C@@H](CCCCO)C=C(C(=NOCC)C[C@@H]1N(C)C(=O)OCC(C)(C)C)[C@H]32. The van der Waals surface area contributed by atoms with Gasteiger partial charge in [-0.25, -0.2) is 4.79 Å². The summed E-state index contributed by atoms with van der Waals surface area (Å²) < 4.78 is 26.5. The van der Waals surface area contributed by atoms with Gasteiger partial charge in [0.2, 0.25) is 5.79 Å². The molecule has 0 aromatic heterocycles. The van der Waals surface area contributed by atoms with Crippen molar-refractivity contribution in [2.45, 2.75) is 95.3 Å². The molecule has 5 rings (SSSR count). The summed E-state index contributed by atoms with van der Waals surface area (Å²) in [6, 6.07) is 13.4. The number of aliphatic hydroxyl groups excluding tert-OH is 2. The van der Waals surface area contributed by atoms with Crippen LogP contribution in [0.5, 0.6) is 17.2 Å². The second-order valence-corrected chi connectivity index (χ2v) is 16.6. The van der Waals surface area contributed by atoms with Crippen LogP contribution >= 0.6 is 11.8 Å². The van der Waals surface area contributed by atoms with E-state index in [9.17, 15) is 15.0 Å². The number of aliphatic hydroxyl groups is 2. The van der Waals surface area contributed by atoms with Crippen LogP contribution in [0.3, 0.4) is 0 Å². The smallest absolute Gasteiger partial charge is 0.410 e. The van der Waals surface area contributed by atoms with Crippen LogP contribution < -0.4 is 9.47 Å². The van der Waals surface area contributed by atoms with E-state index in [1.807, 2.05) is 70.3 Å². The van der Waals surface area contributed by atoms with E-state index < -0.39 is 23.8 Å². The highest BCUT2D eigenvalue weighted by molar-refractivity contribution is 7.98. The Hall–Kier alpha value is -3.51. The van der Waals surface area contributed by atoms with E-state index in [2.05, 4.69) is 18.7 Å². The number of thioether (sulfide) groups is 1. The maximum Gasteiger partial charge on any atom is 0.410 e. The number of carbonyl (C=O) groups excluding carboxylic acids is 1. The molecule has 1 aliphatic heterocycles. The molecule has 2 aliphatic carbocycles. The molecule has 0 saturated heterocycles. The summed E-state index contributed by atoms with van der Waals surface area (Å²) in [6.45, 7) is 13.0. The Balaban J connectivity index is 1.72. The van der Waals surface area contributed by atoms with Gasteiger partial charge in [-0.05, 0) is 104 Å². The normalized spacial score (nSPS) is 25.1. The topological polar surface area (TPSA) is 119 Å². The number of likely N-dealkylation sites (N-methyl/N-ethyl adjacent to an activating group) is 1. The Kier molecular flexibility index (Phi) is 14.6. The minimum absolute atomic E-state index is 0.111. The van der Waals surface area contributed by atoms with E-state index in [-0.39, 0.29) is 49.6 Å². The quantitative estimate of drug-likeness (QED) is 0.0664. The fourth-order valence-electron chi connectivity index (χ4n) is 8.22. The van der Waals surface area contributed by atoms with Crippen molar-refractivity contribution in [2.24, 2.45) is 28.3 Å². The maximum atomic E-state index is 13.9. The van der Waals surface area contributed by atoms with E-state index in [0.29, 0.717) is 37.4 Å². The Morgan fingerprint density at radius 2 is 1.78 bits per heavy atom. The predicted molar refractivity (Wildman–Crippen MR) is 213 cm³/mol. The summed E-state index contributed by atoms with van der Waals surface area (Å²) in [5.41, 5.74) is 2.51. The first kappa shape index (κ1) is 41.6. The van der Waals surface area contributed by atoms with Gasteiger partial charge in [0, 0.05) is 43.1 Å². The molecular formula is C43H60N2O8S. The minimum Gasteiger partial charge on any atom is -0.459 e. The lowest BCUT2D eigenvalue weighted by atomic mass is 9.55. The lowest BCUT2D eigenvalue weighted by molar-refractivity contribution is -0.253. The minimum atomic E-state index is -1.33. The van der Waals surface area contributed by atoms with Crippen molar-refractivity contribution in [3.8, 4) is 17.2 Å². The summed E-state index contributed by atoms with van der Waals surface area (Å²) in [5.74, 6) is 0.458. The van der Waals surface area contributed by atoms with Crippen LogP contribution in [-0.2, 0) is 14.3 Å². The third kappa shape index (κ3) is 9.46. The van der Waals surface area contributed by atoms with Gasteiger partial charge in [-0.2, -0.15) is 0 Å². The van der Waals surface area contributed by atoms with E-state index in [1.54, 1.807) is 29.8 Å². The van der Waals surface area contributed by atoms with Crippen molar-refractivity contribution in [3.63, 3.8) is 0 Å². The Labute approximate surface area is 325 Å². The summed E-state index contributed by atoms with van der Waals surface area (Å²) in [6.07, 6.45) is 10.7. The molecule has 11 heteroatoms. The van der Waals surface area contributed by atoms with Crippen molar-refractivity contribution in [2.75, 3.05) is 46.3 Å². The lowest BCUT2D eigenvalue weighted by Gasteiger charge is -2.59. The fourth-order valence-corrected chi connectivity index (χ4v) is 8.63. The Morgan fingerprint density at radius 3 is 2.43 bits per heavy atom. The molecule has 1 saturated carbocycles. The molecule has 1 amide bonds. The largest absolute Gasteiger partial charge is 0.459 e. The molecule has 0 unspecified atom stereocenters. The number of fused-ring (bicyclic) bond motifs is 2. The molecule has 10 nitrogen and oxygen atoms in total. The number of oxime groups is 1. The zero-order valence-electron chi connectivity index (χ0n) is 32.9. The third-order valence-electron chi connectivity index (χ3n) is 10.6. The zero-order valence-corrected chi connectivity index (χ0v) is 33.7. The van der Waals surface area contributed by atoms with Crippen molar-refractivity contribution in [3.05, 3.63) is 72.3 Å². The number of ether oxygens (including phenoxy) is 4. The van der Waals surface area contributed by atoms with E-state index in [1.165, 1.54) is 0 Å². The molecule has 0 bridgehead atoms. The van der Waals surface area contributed by atoms with Gasteiger partial charge in [-0.15, -0.1) is 18.3 Å². The molecule has 1 fully saturated rings. The molecule has 1 heterocycles. The molecule has 2 N–H and O–H groups in total. The zero-order chi connectivity index (χ0) is 38.9. The molecule has 6 atom stereocenters. The van der Waals surface area contributed by atoms with Crippen LogP contribution in [-0.4, -0.2) is 85.1 Å². The standard InChI is InChI=1S/C43H60N2O8S/c1-8-24-50-43-38(45(6)41(48)49-28-42(3,4)5)27-36(44-51-9-2)34-25-29(14-10-12-22-46)33(15-11-13-23-47)39(40(34)43)35-26-31(18-21-37(35)53-43)52-30-16-19-32(54-7)20-17-30/h8,16-21,25-26,29,33,38-40,46-47H,1,9-15,22-24,27-28H2,2-7H3/t29-,33+,38-,39+,40+,43+/m0/s1. The molecule has 54 heavy (non-hydrogen) atoms. The van der Waals surface area contributed by atoms with E-state index in [4.69, 9.17) is 28.9 Å². The fraction of sp³-hybridized carbons (Fsp3) is 0.581. The van der Waals surface area contributed by atoms with Gasteiger partial charge < -0.3 is 38.9 Å². The van der Waals surface area contributed by atoms with Gasteiger partial charge in [-0.3, -0.25) is 0 Å². The first-order valence-electron chi connectivity index (χ1n) is 19.4. The maximum absolute atomic E-state index is 13.9. The Bertz CT molecular complexity index is 1620. The molecule has 3 aliphatic rings. The Morgan fingerprint density at radius 1 is 1.07 bits per heavy atom. The average Bonchev–Trinajstić information content (AvgIpc) is 3.16. The van der Waals surface area contributed by atoms with Crippen molar-refractivity contribution in [1.82, 2.24) is 4.90 Å². The second-order valence-electron chi connectivity index (χ2n) is 15.7. The van der Waals surface area contributed by atoms with Crippen LogP contribution in [0.15, 0.2) is 76.8 Å². The monoisotopic (exact) mass is 764 g/mol. The van der Waals surface area contributed by atoms with Crippen LogP contribution in [0.4, 0.5) is 4.79 Å². The molecule has 296 valence electrons. The predicted octanol–water partition coefficient (Wildman–Crippen LogP) is 8.97. The summed E-state index contributed by atoms with van der Waals surface area (Å²) in [7, 11) is 1.74. The summed E-state index contributed by atoms with van der Waals surface area (Å²) in [4.78, 5) is 22.5. The van der Waals surface area contributed by atoms with Gasteiger partial charge in [0.25, 0.3) is 0 Å². The number of nitrogens with zero attached hydrogens (tertiary/aromatic N) is 2. The number of carbonyl (C=O) groups is 1. The van der Waals surface area contributed by atoms with Gasteiger partial charge in [-0.1, -0.05) is 50.9 Å². The molecular weight excluding hydrogens is 705 g/mol. The number of hydrogen-bond donors (Lipinski definition) is 2. The van der Waals surface area contributed by atoms with Crippen molar-refractivity contribution < 1.29 is 38.8 Å². The number of rotatable bonds is 18. The highest BCUT2D eigenvalue weighted by Crippen LogP contribution is 2.62. The van der Waals surface area contributed by atoms with Gasteiger partial charge in [0.1, 0.15) is 29.9 Å². The van der Waals surface area contributed by atoms with Crippen molar-refractivity contribution >= 4 is 23.6 Å². The number of amides is 1. The van der Waals surface area contributed by atoms with Gasteiger partial charge in [0.05, 0.1) is 24.8 Å². The highest BCUT2D eigenvalue weighted by atomic mass is 32.2. The average molecular weight is 765 g/mol. The van der Waals surface area contributed by atoms with Crippen molar-refractivity contribution in [1.29, 1.82) is 0 Å². The van der Waals surface area contributed by atoms with Gasteiger partial charge in [0.15, 0.2) is 0 Å². The van der Waals surface area contributed by atoms with Crippen LogP contribution in [0.25, 0.3) is 0 Å².